The van der Waals surface area contributed by atoms with E-state index in [4.69, 9.17) is 16.3 Å². The number of amides is 2. The zero-order valence-corrected chi connectivity index (χ0v) is 18.4. The summed E-state index contributed by atoms with van der Waals surface area (Å²) >= 11 is 5.88. The van der Waals surface area contributed by atoms with E-state index in [-0.39, 0.29) is 17.6 Å². The molecule has 0 atom stereocenters. The van der Waals surface area contributed by atoms with Crippen LogP contribution in [0.1, 0.15) is 35.7 Å². The summed E-state index contributed by atoms with van der Waals surface area (Å²) in [5.74, 6) is 0.855. The van der Waals surface area contributed by atoms with Gasteiger partial charge >= 0.3 is 0 Å². The molecule has 0 radical (unpaired) electrons. The highest BCUT2D eigenvalue weighted by Crippen LogP contribution is 2.14. The lowest BCUT2D eigenvalue weighted by molar-refractivity contribution is -0.139. The first kappa shape index (κ1) is 22.8. The lowest BCUT2D eigenvalue weighted by atomic mass is 10.1. The number of benzene rings is 2. The molecule has 1 heterocycles. The highest BCUT2D eigenvalue weighted by Gasteiger charge is 2.23. The van der Waals surface area contributed by atoms with Crippen molar-refractivity contribution in [1.29, 1.82) is 0 Å². The van der Waals surface area contributed by atoms with Gasteiger partial charge in [0.15, 0.2) is 5.78 Å². The maximum Gasteiger partial charge on any atom is 0.227 e. The second kappa shape index (κ2) is 11.0. The van der Waals surface area contributed by atoms with Gasteiger partial charge in [-0.2, -0.15) is 0 Å². The maximum absolute atomic E-state index is 12.5. The van der Waals surface area contributed by atoms with E-state index >= 15 is 0 Å². The summed E-state index contributed by atoms with van der Waals surface area (Å²) in [5, 5.41) is 0.652. The highest BCUT2D eigenvalue weighted by molar-refractivity contribution is 6.30. The summed E-state index contributed by atoms with van der Waals surface area (Å²) in [6.45, 7) is 4.17. The van der Waals surface area contributed by atoms with Crippen LogP contribution < -0.4 is 4.74 Å². The fourth-order valence-corrected chi connectivity index (χ4v) is 3.58. The summed E-state index contributed by atoms with van der Waals surface area (Å²) in [7, 11) is 0. The second-order valence-electron chi connectivity index (χ2n) is 7.60. The zero-order valence-electron chi connectivity index (χ0n) is 17.7. The smallest absolute Gasteiger partial charge is 0.227 e. The molecule has 0 saturated carbocycles. The molecular formula is C24H27ClN2O4. The monoisotopic (exact) mass is 442 g/mol. The number of halogens is 1. The molecule has 2 amide bonds. The number of hydrogen-bond acceptors (Lipinski definition) is 4. The van der Waals surface area contributed by atoms with Crippen LogP contribution in [0.5, 0.6) is 5.75 Å². The normalized spacial score (nSPS) is 13.7. The fourth-order valence-electron chi connectivity index (χ4n) is 3.45. The van der Waals surface area contributed by atoms with Crippen LogP contribution in [0, 0.1) is 0 Å². The van der Waals surface area contributed by atoms with Crippen molar-refractivity contribution in [3.8, 4) is 5.75 Å². The van der Waals surface area contributed by atoms with Crippen molar-refractivity contribution >= 4 is 29.2 Å². The molecule has 0 bridgehead atoms. The van der Waals surface area contributed by atoms with Gasteiger partial charge in [-0.3, -0.25) is 14.4 Å². The van der Waals surface area contributed by atoms with Gasteiger partial charge in [0.25, 0.3) is 0 Å². The van der Waals surface area contributed by atoms with Crippen LogP contribution in [0.2, 0.25) is 5.02 Å². The Bertz CT molecular complexity index is 904. The van der Waals surface area contributed by atoms with Gasteiger partial charge in [0.1, 0.15) is 5.75 Å². The summed E-state index contributed by atoms with van der Waals surface area (Å²) < 4.78 is 5.65. The molecule has 7 heteroatoms. The van der Waals surface area contributed by atoms with E-state index in [1.54, 1.807) is 36.4 Å². The third-order valence-corrected chi connectivity index (χ3v) is 5.57. The van der Waals surface area contributed by atoms with Crippen LogP contribution >= 0.6 is 11.6 Å². The molecule has 0 aliphatic carbocycles. The molecule has 1 aliphatic heterocycles. The van der Waals surface area contributed by atoms with Gasteiger partial charge < -0.3 is 14.5 Å². The third kappa shape index (κ3) is 6.82. The second-order valence-corrected chi connectivity index (χ2v) is 8.03. The van der Waals surface area contributed by atoms with E-state index in [1.165, 1.54) is 6.92 Å². The molecule has 6 nitrogen and oxygen atoms in total. The van der Waals surface area contributed by atoms with Crippen LogP contribution in [0.3, 0.4) is 0 Å². The number of piperazine rings is 1. The minimum absolute atomic E-state index is 0.0175. The molecule has 164 valence electrons. The first-order valence-electron chi connectivity index (χ1n) is 10.5. The SMILES string of the molecule is CC(=O)c1ccc(OCCCC(=O)N2CCN(C(=O)Cc3ccc(Cl)cc3)CC2)cc1. The Kier molecular flexibility index (Phi) is 8.06. The van der Waals surface area contributed by atoms with Gasteiger partial charge in [-0.05, 0) is 55.3 Å². The van der Waals surface area contributed by atoms with E-state index in [9.17, 15) is 14.4 Å². The van der Waals surface area contributed by atoms with Gasteiger partial charge in [-0.1, -0.05) is 23.7 Å². The fraction of sp³-hybridized carbons (Fsp3) is 0.375. The minimum Gasteiger partial charge on any atom is -0.494 e. The molecule has 2 aromatic carbocycles. The summed E-state index contributed by atoms with van der Waals surface area (Å²) in [4.78, 5) is 39.8. The Morgan fingerprint density at radius 1 is 0.871 bits per heavy atom. The predicted molar refractivity (Wildman–Crippen MR) is 119 cm³/mol. The molecule has 0 spiro atoms. The Morgan fingerprint density at radius 3 is 2.03 bits per heavy atom. The van der Waals surface area contributed by atoms with E-state index < -0.39 is 0 Å². The molecular weight excluding hydrogens is 416 g/mol. The molecule has 1 aliphatic rings. The van der Waals surface area contributed by atoms with Gasteiger partial charge in [-0.15, -0.1) is 0 Å². The van der Waals surface area contributed by atoms with Crippen molar-refractivity contribution < 1.29 is 19.1 Å². The number of hydrogen-bond donors (Lipinski definition) is 0. The van der Waals surface area contributed by atoms with E-state index in [2.05, 4.69) is 0 Å². The van der Waals surface area contributed by atoms with Crippen LogP contribution in [-0.2, 0) is 16.0 Å². The minimum atomic E-state index is 0.0175. The molecule has 1 fully saturated rings. The van der Waals surface area contributed by atoms with Crippen LogP contribution in [0.25, 0.3) is 0 Å². The Hall–Kier alpha value is -2.86. The van der Waals surface area contributed by atoms with E-state index in [0.717, 1.165) is 5.56 Å². The number of Topliss-reactive ketones (excluding diaryl/α,β-unsaturated/α-hetero) is 1. The van der Waals surface area contributed by atoms with Gasteiger partial charge in [0.2, 0.25) is 11.8 Å². The van der Waals surface area contributed by atoms with Crippen molar-refractivity contribution in [1.82, 2.24) is 9.80 Å². The number of ketones is 1. The first-order valence-corrected chi connectivity index (χ1v) is 10.8. The number of ether oxygens (including phenoxy) is 1. The third-order valence-electron chi connectivity index (χ3n) is 5.32. The van der Waals surface area contributed by atoms with Crippen LogP contribution in [-0.4, -0.2) is 60.2 Å². The zero-order chi connectivity index (χ0) is 22.2. The van der Waals surface area contributed by atoms with E-state index in [0.29, 0.717) is 68.4 Å². The molecule has 2 aromatic rings. The molecule has 31 heavy (non-hydrogen) atoms. The van der Waals surface area contributed by atoms with Gasteiger partial charge in [0.05, 0.1) is 13.0 Å². The topological polar surface area (TPSA) is 66.9 Å². The summed E-state index contributed by atoms with van der Waals surface area (Å²) in [6, 6.07) is 14.3. The average molecular weight is 443 g/mol. The van der Waals surface area contributed by atoms with Gasteiger partial charge in [-0.25, -0.2) is 0 Å². The largest absolute Gasteiger partial charge is 0.494 e. The molecule has 3 rings (SSSR count). The first-order chi connectivity index (χ1) is 14.9. The number of nitrogens with zero attached hydrogens (tertiary/aromatic N) is 2. The van der Waals surface area contributed by atoms with Crippen LogP contribution in [0.4, 0.5) is 0 Å². The van der Waals surface area contributed by atoms with Crippen molar-refractivity contribution in [2.45, 2.75) is 26.2 Å². The lowest BCUT2D eigenvalue weighted by Gasteiger charge is -2.35. The van der Waals surface area contributed by atoms with Crippen molar-refractivity contribution in [3.63, 3.8) is 0 Å². The summed E-state index contributed by atoms with van der Waals surface area (Å²) in [6.07, 6.45) is 1.36. The summed E-state index contributed by atoms with van der Waals surface area (Å²) in [5.41, 5.74) is 1.58. The van der Waals surface area contributed by atoms with E-state index in [1.807, 2.05) is 21.9 Å². The highest BCUT2D eigenvalue weighted by atomic mass is 35.5. The number of rotatable bonds is 8. The number of carbonyl (C=O) groups excluding carboxylic acids is 3. The Balaban J connectivity index is 1.34. The van der Waals surface area contributed by atoms with Crippen molar-refractivity contribution in [2.75, 3.05) is 32.8 Å². The van der Waals surface area contributed by atoms with Gasteiger partial charge in [0, 0.05) is 43.2 Å². The maximum atomic E-state index is 12.5. The van der Waals surface area contributed by atoms with Crippen LogP contribution in [0.15, 0.2) is 48.5 Å². The molecule has 1 saturated heterocycles. The average Bonchev–Trinajstić information content (AvgIpc) is 2.78. The predicted octanol–water partition coefficient (Wildman–Crippen LogP) is 3.62. The number of carbonyl (C=O) groups is 3. The Morgan fingerprint density at radius 2 is 1.45 bits per heavy atom. The standard InChI is InChI=1S/C24H27ClN2O4/c1-18(28)20-6-10-22(11-7-20)31-16-2-3-23(29)26-12-14-27(15-13-26)24(30)17-19-4-8-21(25)9-5-19/h4-11H,2-3,12-17H2,1H3. The molecule has 0 N–H and O–H groups in total. The van der Waals surface area contributed by atoms with Crippen molar-refractivity contribution in [2.24, 2.45) is 0 Å². The quantitative estimate of drug-likeness (QED) is 0.462. The molecule has 0 aromatic heterocycles. The Labute approximate surface area is 187 Å². The van der Waals surface area contributed by atoms with Crippen molar-refractivity contribution in [3.05, 3.63) is 64.7 Å². The lowest BCUT2D eigenvalue weighted by Crippen LogP contribution is -2.51. The molecule has 0 unspecified atom stereocenters.